The number of halogens is 1. The van der Waals surface area contributed by atoms with E-state index in [2.05, 4.69) is 33.4 Å². The van der Waals surface area contributed by atoms with Crippen molar-refractivity contribution in [2.24, 2.45) is 0 Å². The van der Waals surface area contributed by atoms with Gasteiger partial charge in [0, 0.05) is 16.6 Å². The predicted molar refractivity (Wildman–Crippen MR) is 73.8 cm³/mol. The van der Waals surface area contributed by atoms with Gasteiger partial charge in [0.1, 0.15) is 0 Å². The zero-order valence-electron chi connectivity index (χ0n) is 8.98. The van der Waals surface area contributed by atoms with Crippen LogP contribution in [0.2, 0.25) is 0 Å². The van der Waals surface area contributed by atoms with Crippen LogP contribution in [-0.4, -0.2) is 21.7 Å². The summed E-state index contributed by atoms with van der Waals surface area (Å²) in [5, 5.41) is 11.1. The maximum atomic E-state index is 10.6. The molecular weight excluding hydrogens is 302 g/mol. The lowest BCUT2D eigenvalue weighted by Gasteiger charge is -2.32. The molecule has 2 rings (SSSR count). The van der Waals surface area contributed by atoms with Crippen LogP contribution in [0.25, 0.3) is 0 Å². The second-order valence-electron chi connectivity index (χ2n) is 3.64. The Morgan fingerprint density at radius 1 is 1.59 bits per heavy atom. The number of hydrogen-bond donors (Lipinski definition) is 3. The first kappa shape index (κ1) is 12.5. The number of rotatable bonds is 3. The van der Waals surface area contributed by atoms with E-state index in [9.17, 15) is 5.11 Å². The Kier molecular flexibility index (Phi) is 3.48. The quantitative estimate of drug-likeness (QED) is 0.582. The summed E-state index contributed by atoms with van der Waals surface area (Å²) < 4.78 is 0.890. The average Bonchev–Trinajstić information content (AvgIpc) is 2.59. The minimum absolute atomic E-state index is 0.437. The lowest BCUT2D eigenvalue weighted by atomic mass is 10.1. The van der Waals surface area contributed by atoms with Gasteiger partial charge in [-0.2, -0.15) is 5.43 Å². The highest BCUT2D eigenvalue weighted by atomic mass is 79.9. The van der Waals surface area contributed by atoms with Crippen LogP contribution in [0, 0.1) is 0 Å². The summed E-state index contributed by atoms with van der Waals surface area (Å²) in [5.74, 6) is -1.35. The first-order valence-corrected chi connectivity index (χ1v) is 6.22. The molecule has 6 heteroatoms. The molecule has 0 bridgehead atoms. The molecule has 90 valence electrons. The predicted octanol–water partition coefficient (Wildman–Crippen LogP) is 1.43. The van der Waals surface area contributed by atoms with Gasteiger partial charge in [-0.25, -0.2) is 0 Å². The minimum atomic E-state index is -1.35. The normalized spacial score (nSPS) is 23.6. The number of nitrogens with one attached hydrogen (secondary N) is 2. The summed E-state index contributed by atoms with van der Waals surface area (Å²) in [5.41, 5.74) is 6.24. The van der Waals surface area contributed by atoms with E-state index in [1.807, 2.05) is 24.3 Å². The molecule has 0 amide bonds. The fourth-order valence-electron chi connectivity index (χ4n) is 1.70. The minimum Gasteiger partial charge on any atom is -0.353 e. The Morgan fingerprint density at radius 2 is 2.35 bits per heavy atom. The molecule has 1 atom stereocenters. The van der Waals surface area contributed by atoms with Crippen molar-refractivity contribution in [3.63, 3.8) is 0 Å². The molecule has 0 aliphatic carbocycles. The largest absolute Gasteiger partial charge is 0.353 e. The second kappa shape index (κ2) is 4.73. The molecule has 1 aromatic rings. The maximum Gasteiger partial charge on any atom is 0.242 e. The molecule has 1 aromatic carbocycles. The summed E-state index contributed by atoms with van der Waals surface area (Å²) in [6, 6.07) is 7.40. The molecule has 0 radical (unpaired) electrons. The van der Waals surface area contributed by atoms with Crippen molar-refractivity contribution in [2.75, 3.05) is 6.54 Å². The van der Waals surface area contributed by atoms with E-state index in [-0.39, 0.29) is 0 Å². The van der Waals surface area contributed by atoms with Crippen molar-refractivity contribution in [1.82, 2.24) is 15.8 Å². The molecule has 1 aliphatic heterocycles. The topological polar surface area (TPSA) is 47.5 Å². The maximum absolute atomic E-state index is 10.6. The van der Waals surface area contributed by atoms with Gasteiger partial charge >= 0.3 is 0 Å². The van der Waals surface area contributed by atoms with Crippen LogP contribution in [-0.2, 0) is 5.85 Å². The summed E-state index contributed by atoms with van der Waals surface area (Å²) in [6.45, 7) is 4.10. The third-order valence-electron chi connectivity index (χ3n) is 2.52. The molecule has 0 unspecified atom stereocenters. The Morgan fingerprint density at radius 3 is 3.00 bits per heavy atom. The molecule has 0 spiro atoms. The van der Waals surface area contributed by atoms with Gasteiger partial charge in [0.15, 0.2) is 5.11 Å². The first-order valence-electron chi connectivity index (χ1n) is 5.02. The summed E-state index contributed by atoms with van der Waals surface area (Å²) in [7, 11) is 0. The van der Waals surface area contributed by atoms with E-state index in [0.29, 0.717) is 17.2 Å². The highest BCUT2D eigenvalue weighted by Gasteiger charge is 2.42. The van der Waals surface area contributed by atoms with Gasteiger partial charge in [0.25, 0.3) is 0 Å². The molecule has 1 aliphatic rings. The number of aliphatic hydroxyl groups is 1. The van der Waals surface area contributed by atoms with E-state index < -0.39 is 5.85 Å². The lowest BCUT2D eigenvalue weighted by molar-refractivity contribution is -0.0842. The molecule has 1 fully saturated rings. The highest BCUT2D eigenvalue weighted by Crippen LogP contribution is 2.27. The van der Waals surface area contributed by atoms with Crippen LogP contribution in [0.3, 0.4) is 0 Å². The number of benzene rings is 1. The standard InChI is InChI=1S/C11H12BrN3OS/c1-2-6-15-10(17)13-14-11(15,16)8-4-3-5-9(12)7-8/h2-5,7,14,16H,1,6H2,(H,13,17)/t11-/m0/s1. The van der Waals surface area contributed by atoms with Crippen LogP contribution in [0.5, 0.6) is 0 Å². The number of thiocarbonyl (C=S) groups is 1. The van der Waals surface area contributed by atoms with Gasteiger partial charge in [-0.1, -0.05) is 34.1 Å². The Balaban J connectivity index is 2.40. The molecular formula is C11H12BrN3OS. The fraction of sp³-hybridized carbons (Fsp3) is 0.182. The molecule has 0 aromatic heterocycles. The van der Waals surface area contributed by atoms with Gasteiger partial charge in [-0.05, 0) is 24.4 Å². The van der Waals surface area contributed by atoms with Crippen LogP contribution in [0.4, 0.5) is 0 Å². The highest BCUT2D eigenvalue weighted by molar-refractivity contribution is 9.10. The number of nitrogens with zero attached hydrogens (tertiary/aromatic N) is 1. The van der Waals surface area contributed by atoms with Crippen molar-refractivity contribution >= 4 is 33.3 Å². The molecule has 1 heterocycles. The Bertz CT molecular complexity index is 468. The van der Waals surface area contributed by atoms with Crippen molar-refractivity contribution in [1.29, 1.82) is 0 Å². The smallest absolute Gasteiger partial charge is 0.242 e. The van der Waals surface area contributed by atoms with Crippen molar-refractivity contribution < 1.29 is 5.11 Å². The molecule has 0 saturated carbocycles. The average molecular weight is 314 g/mol. The van der Waals surface area contributed by atoms with E-state index in [1.54, 1.807) is 11.0 Å². The zero-order valence-corrected chi connectivity index (χ0v) is 11.4. The SMILES string of the molecule is C=CCN1C(=S)NN[C@@]1(O)c1cccc(Br)c1. The van der Waals surface area contributed by atoms with Gasteiger partial charge in [0.2, 0.25) is 5.85 Å². The van der Waals surface area contributed by atoms with Gasteiger partial charge < -0.3 is 5.11 Å². The number of hydrogen-bond acceptors (Lipinski definition) is 3. The lowest BCUT2D eigenvalue weighted by Crippen LogP contribution is -2.49. The zero-order chi connectivity index (χ0) is 12.5. The van der Waals surface area contributed by atoms with Gasteiger partial charge in [-0.3, -0.25) is 10.3 Å². The van der Waals surface area contributed by atoms with E-state index >= 15 is 0 Å². The fourth-order valence-corrected chi connectivity index (χ4v) is 2.36. The molecule has 3 N–H and O–H groups in total. The summed E-state index contributed by atoms with van der Waals surface area (Å²) in [4.78, 5) is 1.62. The third kappa shape index (κ3) is 2.21. The molecule has 1 saturated heterocycles. The first-order chi connectivity index (χ1) is 8.08. The molecule has 4 nitrogen and oxygen atoms in total. The van der Waals surface area contributed by atoms with E-state index in [0.717, 1.165) is 4.47 Å². The third-order valence-corrected chi connectivity index (χ3v) is 3.33. The summed E-state index contributed by atoms with van der Waals surface area (Å²) in [6.07, 6.45) is 1.68. The van der Waals surface area contributed by atoms with Crippen molar-refractivity contribution in [3.8, 4) is 0 Å². The van der Waals surface area contributed by atoms with Gasteiger partial charge in [-0.15, -0.1) is 6.58 Å². The molecule has 17 heavy (non-hydrogen) atoms. The Labute approximate surface area is 113 Å². The van der Waals surface area contributed by atoms with Crippen LogP contribution < -0.4 is 10.9 Å². The van der Waals surface area contributed by atoms with Crippen LogP contribution in [0.15, 0.2) is 41.4 Å². The van der Waals surface area contributed by atoms with E-state index in [4.69, 9.17) is 12.2 Å². The number of hydrazine groups is 1. The monoisotopic (exact) mass is 313 g/mol. The second-order valence-corrected chi connectivity index (χ2v) is 4.94. The van der Waals surface area contributed by atoms with Crippen molar-refractivity contribution in [3.05, 3.63) is 47.0 Å². The van der Waals surface area contributed by atoms with Gasteiger partial charge in [0.05, 0.1) is 0 Å². The van der Waals surface area contributed by atoms with E-state index in [1.165, 1.54) is 0 Å². The summed E-state index contributed by atoms with van der Waals surface area (Å²) >= 11 is 8.50. The van der Waals surface area contributed by atoms with Crippen molar-refractivity contribution in [2.45, 2.75) is 5.85 Å². The Hall–Kier alpha value is -0.950. The van der Waals surface area contributed by atoms with Crippen LogP contribution >= 0.6 is 28.1 Å². The van der Waals surface area contributed by atoms with Crippen LogP contribution in [0.1, 0.15) is 5.56 Å².